The number of halogens is 2. The molecule has 0 aliphatic rings. The molecule has 0 unspecified atom stereocenters. The molecular weight excluding hydrogens is 418 g/mol. The summed E-state index contributed by atoms with van der Waals surface area (Å²) >= 11 is 0.717. The number of rotatable bonds is 10. The van der Waals surface area contributed by atoms with Gasteiger partial charge in [-0.1, -0.05) is 26.0 Å². The van der Waals surface area contributed by atoms with Gasteiger partial charge in [-0.3, -0.25) is 5.32 Å². The number of nitrogens with one attached hydrogen (secondary N) is 3. The number of hydrogen-bond donors (Lipinski definition) is 4. The van der Waals surface area contributed by atoms with Gasteiger partial charge < -0.3 is 20.5 Å². The lowest BCUT2D eigenvalue weighted by atomic mass is 10.1. The first-order valence-corrected chi connectivity index (χ1v) is 10.1. The SMILES string of the molecule is Cc1ccc(COc2nsc(NC(=O)NCCCNC(C)C)c2C(=O)O)c(F)c1F. The largest absolute Gasteiger partial charge is 0.477 e. The molecule has 11 heteroatoms. The van der Waals surface area contributed by atoms with E-state index in [9.17, 15) is 23.5 Å². The van der Waals surface area contributed by atoms with Crippen LogP contribution in [-0.2, 0) is 6.61 Å². The van der Waals surface area contributed by atoms with E-state index < -0.39 is 30.2 Å². The number of hydrogen-bond acceptors (Lipinski definition) is 6. The third kappa shape index (κ3) is 6.36. The summed E-state index contributed by atoms with van der Waals surface area (Å²) < 4.78 is 36.8. The Balaban J connectivity index is 1.99. The van der Waals surface area contributed by atoms with Crippen LogP contribution in [0.25, 0.3) is 0 Å². The Kier molecular flexibility index (Phi) is 8.48. The van der Waals surface area contributed by atoms with Crippen LogP contribution in [0, 0.1) is 18.6 Å². The highest BCUT2D eigenvalue weighted by molar-refractivity contribution is 7.11. The molecule has 30 heavy (non-hydrogen) atoms. The quantitative estimate of drug-likeness (QED) is 0.419. The molecule has 0 saturated carbocycles. The van der Waals surface area contributed by atoms with Gasteiger partial charge in [-0.05, 0) is 37.0 Å². The average Bonchev–Trinajstić information content (AvgIpc) is 3.07. The molecule has 2 aromatic rings. The maximum absolute atomic E-state index is 14.0. The number of carboxylic acids is 1. The summed E-state index contributed by atoms with van der Waals surface area (Å²) in [6, 6.07) is 2.51. The molecular formula is C19H24F2N4O4S. The van der Waals surface area contributed by atoms with Gasteiger partial charge in [-0.25, -0.2) is 18.4 Å². The molecule has 0 saturated heterocycles. The number of carbonyl (C=O) groups excluding carboxylic acids is 1. The number of benzene rings is 1. The third-order valence-electron chi connectivity index (χ3n) is 4.01. The van der Waals surface area contributed by atoms with Crippen LogP contribution < -0.4 is 20.7 Å². The van der Waals surface area contributed by atoms with Crippen molar-refractivity contribution in [1.29, 1.82) is 0 Å². The number of urea groups is 1. The minimum absolute atomic E-state index is 0.0223. The Morgan fingerprint density at radius 3 is 2.63 bits per heavy atom. The molecule has 0 spiro atoms. The molecule has 2 amide bonds. The third-order valence-corrected chi connectivity index (χ3v) is 4.76. The second-order valence-electron chi connectivity index (χ2n) is 6.80. The molecule has 4 N–H and O–H groups in total. The zero-order valence-corrected chi connectivity index (χ0v) is 17.7. The number of amides is 2. The number of ether oxygens (including phenoxy) is 1. The maximum Gasteiger partial charge on any atom is 0.344 e. The van der Waals surface area contributed by atoms with E-state index in [-0.39, 0.29) is 27.6 Å². The Labute approximate surface area is 176 Å². The van der Waals surface area contributed by atoms with E-state index in [2.05, 4.69) is 20.3 Å². The highest BCUT2D eigenvalue weighted by Gasteiger charge is 2.24. The van der Waals surface area contributed by atoms with E-state index in [1.807, 2.05) is 13.8 Å². The van der Waals surface area contributed by atoms with Gasteiger partial charge in [0.05, 0.1) is 0 Å². The normalized spacial score (nSPS) is 10.9. The number of aromatic carboxylic acids is 1. The molecule has 0 bridgehead atoms. The Hall–Kier alpha value is -2.79. The van der Waals surface area contributed by atoms with Crippen molar-refractivity contribution < 1.29 is 28.2 Å². The van der Waals surface area contributed by atoms with Crippen LogP contribution in [0.2, 0.25) is 0 Å². The van der Waals surface area contributed by atoms with Crippen LogP contribution in [0.15, 0.2) is 12.1 Å². The summed E-state index contributed by atoms with van der Waals surface area (Å²) in [5.41, 5.74) is -0.289. The van der Waals surface area contributed by atoms with E-state index in [1.54, 1.807) is 0 Å². The van der Waals surface area contributed by atoms with Crippen LogP contribution in [0.3, 0.4) is 0 Å². The van der Waals surface area contributed by atoms with Crippen LogP contribution in [0.4, 0.5) is 18.6 Å². The molecule has 0 fully saturated rings. The predicted molar refractivity (Wildman–Crippen MR) is 109 cm³/mol. The first-order valence-electron chi connectivity index (χ1n) is 9.28. The number of nitrogens with zero attached hydrogens (tertiary/aromatic N) is 1. The van der Waals surface area contributed by atoms with E-state index >= 15 is 0 Å². The molecule has 1 aromatic carbocycles. The van der Waals surface area contributed by atoms with Crippen molar-refractivity contribution in [1.82, 2.24) is 15.0 Å². The number of carbonyl (C=O) groups is 2. The van der Waals surface area contributed by atoms with Gasteiger partial charge in [0.15, 0.2) is 17.2 Å². The highest BCUT2D eigenvalue weighted by Crippen LogP contribution is 2.31. The maximum atomic E-state index is 14.0. The van der Waals surface area contributed by atoms with E-state index in [1.165, 1.54) is 19.1 Å². The number of anilines is 1. The van der Waals surface area contributed by atoms with Crippen LogP contribution in [0.1, 0.15) is 41.8 Å². The van der Waals surface area contributed by atoms with Crippen molar-refractivity contribution in [2.75, 3.05) is 18.4 Å². The predicted octanol–water partition coefficient (Wildman–Crippen LogP) is 3.52. The van der Waals surface area contributed by atoms with Gasteiger partial charge in [0, 0.05) is 18.2 Å². The minimum atomic E-state index is -1.37. The first kappa shape index (κ1) is 23.5. The lowest BCUT2D eigenvalue weighted by Gasteiger charge is -2.09. The topological polar surface area (TPSA) is 113 Å². The molecule has 0 atom stereocenters. The van der Waals surface area contributed by atoms with Crippen molar-refractivity contribution in [3.63, 3.8) is 0 Å². The lowest BCUT2D eigenvalue weighted by molar-refractivity contribution is 0.0693. The van der Waals surface area contributed by atoms with Crippen LogP contribution in [0.5, 0.6) is 5.88 Å². The fraction of sp³-hybridized carbons (Fsp3) is 0.421. The standard InChI is InChI=1S/C19H24F2N4O4S/c1-10(2)22-7-4-8-23-19(28)24-17-13(18(26)27)16(25-30-17)29-9-12-6-5-11(3)14(20)15(12)21/h5-6,10,22H,4,7-9H2,1-3H3,(H,26,27)(H2,23,24,28). The molecule has 0 aliphatic carbocycles. The van der Waals surface area contributed by atoms with Crippen molar-refractivity contribution in [2.45, 2.75) is 39.8 Å². The van der Waals surface area contributed by atoms with E-state index in [0.29, 0.717) is 19.0 Å². The summed E-state index contributed by atoms with van der Waals surface area (Å²) in [5, 5.41) is 17.7. The number of aromatic nitrogens is 1. The van der Waals surface area contributed by atoms with Crippen molar-refractivity contribution in [2.24, 2.45) is 0 Å². The molecule has 1 aromatic heterocycles. The Morgan fingerprint density at radius 1 is 1.23 bits per heavy atom. The van der Waals surface area contributed by atoms with Crippen LogP contribution >= 0.6 is 11.5 Å². The molecule has 8 nitrogen and oxygen atoms in total. The first-order chi connectivity index (χ1) is 14.2. The lowest BCUT2D eigenvalue weighted by Crippen LogP contribution is -2.32. The fourth-order valence-corrected chi connectivity index (χ4v) is 3.14. The van der Waals surface area contributed by atoms with Crippen molar-refractivity contribution in [3.05, 3.63) is 40.5 Å². The van der Waals surface area contributed by atoms with Gasteiger partial charge in [-0.15, -0.1) is 0 Å². The summed E-state index contributed by atoms with van der Waals surface area (Å²) in [5.74, 6) is -3.71. The van der Waals surface area contributed by atoms with Gasteiger partial charge in [0.2, 0.25) is 5.88 Å². The Bertz CT molecular complexity index is 905. The van der Waals surface area contributed by atoms with E-state index in [4.69, 9.17) is 4.74 Å². The Morgan fingerprint density at radius 2 is 1.97 bits per heavy atom. The second kappa shape index (κ2) is 10.8. The molecule has 1 heterocycles. The average molecular weight is 442 g/mol. The molecule has 0 radical (unpaired) electrons. The van der Waals surface area contributed by atoms with Gasteiger partial charge >= 0.3 is 12.0 Å². The zero-order valence-electron chi connectivity index (χ0n) is 16.8. The smallest absolute Gasteiger partial charge is 0.344 e. The molecule has 164 valence electrons. The van der Waals surface area contributed by atoms with Crippen molar-refractivity contribution >= 4 is 28.5 Å². The minimum Gasteiger partial charge on any atom is -0.477 e. The van der Waals surface area contributed by atoms with Crippen molar-refractivity contribution in [3.8, 4) is 5.88 Å². The second-order valence-corrected chi connectivity index (χ2v) is 7.57. The highest BCUT2D eigenvalue weighted by atomic mass is 32.1. The monoisotopic (exact) mass is 442 g/mol. The van der Waals surface area contributed by atoms with Crippen LogP contribution in [-0.4, -0.2) is 40.6 Å². The van der Waals surface area contributed by atoms with Gasteiger partial charge in [0.1, 0.15) is 11.6 Å². The fourth-order valence-electron chi connectivity index (χ4n) is 2.42. The summed E-state index contributed by atoms with van der Waals surface area (Å²) in [4.78, 5) is 23.6. The van der Waals surface area contributed by atoms with Gasteiger partial charge in [-0.2, -0.15) is 4.37 Å². The molecule has 2 rings (SSSR count). The van der Waals surface area contributed by atoms with Gasteiger partial charge in [0.25, 0.3) is 0 Å². The number of aryl methyl sites for hydroxylation is 1. The zero-order chi connectivity index (χ0) is 22.3. The van der Waals surface area contributed by atoms with E-state index in [0.717, 1.165) is 18.1 Å². The summed E-state index contributed by atoms with van der Waals surface area (Å²) in [7, 11) is 0. The molecule has 0 aliphatic heterocycles. The summed E-state index contributed by atoms with van der Waals surface area (Å²) in [6.07, 6.45) is 0.702. The number of carboxylic acid groups (broad SMARTS) is 1. The summed E-state index contributed by atoms with van der Waals surface area (Å²) in [6.45, 7) is 6.17.